The van der Waals surface area contributed by atoms with Crippen LogP contribution in [0.4, 0.5) is 4.79 Å². The number of amides is 2. The molecule has 2 amide bonds. The molecule has 0 saturated carbocycles. The maximum Gasteiger partial charge on any atom is 0.483 e. The van der Waals surface area contributed by atoms with E-state index in [0.717, 1.165) is 6.54 Å². The third-order valence-corrected chi connectivity index (χ3v) is 2.87. The number of hydrogen-bond acceptors (Lipinski definition) is 4. The number of hydrogen-bond donors (Lipinski definition) is 1. The molecule has 1 heterocycles. The zero-order chi connectivity index (χ0) is 11.1. The minimum Gasteiger partial charge on any atom is -0.379 e. The SMILES string of the molecule is CC1CN1C(N)=O.CO[SiH](OC)OC. The quantitative estimate of drug-likeness (QED) is 0.512. The van der Waals surface area contributed by atoms with Crippen LogP contribution in [0.5, 0.6) is 0 Å². The molecule has 1 atom stereocenters. The summed E-state index contributed by atoms with van der Waals surface area (Å²) in [4.78, 5) is 11.7. The highest BCUT2D eigenvalue weighted by atomic mass is 28.3. The highest BCUT2D eigenvalue weighted by Gasteiger charge is 2.31. The first-order chi connectivity index (χ1) is 6.56. The normalized spacial score (nSPS) is 18.9. The monoisotopic (exact) mass is 222 g/mol. The van der Waals surface area contributed by atoms with Crippen LogP contribution in [-0.2, 0) is 13.3 Å². The van der Waals surface area contributed by atoms with Gasteiger partial charge in [0.15, 0.2) is 0 Å². The van der Waals surface area contributed by atoms with Crippen LogP contribution in [0, 0.1) is 0 Å². The van der Waals surface area contributed by atoms with Crippen LogP contribution >= 0.6 is 0 Å². The molecule has 0 bridgehead atoms. The maximum absolute atomic E-state index is 10.1. The lowest BCUT2D eigenvalue weighted by Crippen LogP contribution is -2.21. The Hall–Kier alpha value is -0.633. The van der Waals surface area contributed by atoms with Gasteiger partial charge in [-0.25, -0.2) is 4.79 Å². The Morgan fingerprint density at radius 1 is 1.36 bits per heavy atom. The molecule has 1 aliphatic rings. The van der Waals surface area contributed by atoms with Gasteiger partial charge in [0, 0.05) is 33.9 Å². The van der Waals surface area contributed by atoms with Gasteiger partial charge in [0.1, 0.15) is 0 Å². The van der Waals surface area contributed by atoms with Crippen LogP contribution in [0.3, 0.4) is 0 Å². The van der Waals surface area contributed by atoms with Crippen LogP contribution in [0.2, 0.25) is 0 Å². The van der Waals surface area contributed by atoms with Crippen molar-refractivity contribution in [1.29, 1.82) is 0 Å². The van der Waals surface area contributed by atoms with Crippen molar-refractivity contribution in [1.82, 2.24) is 4.90 Å². The Morgan fingerprint density at radius 2 is 1.71 bits per heavy atom. The molecule has 14 heavy (non-hydrogen) atoms. The molecule has 0 aromatic carbocycles. The summed E-state index contributed by atoms with van der Waals surface area (Å²) in [5.41, 5.74) is 4.88. The number of urea groups is 1. The number of primary amides is 1. The first kappa shape index (κ1) is 13.4. The van der Waals surface area contributed by atoms with Crippen LogP contribution in [0.25, 0.3) is 0 Å². The van der Waals surface area contributed by atoms with Gasteiger partial charge in [-0.3, -0.25) is 0 Å². The van der Waals surface area contributed by atoms with Gasteiger partial charge in [0.05, 0.1) is 0 Å². The van der Waals surface area contributed by atoms with Crippen molar-refractivity contribution < 1.29 is 18.1 Å². The van der Waals surface area contributed by atoms with Crippen molar-refractivity contribution in [3.05, 3.63) is 0 Å². The first-order valence-electron chi connectivity index (χ1n) is 4.21. The third kappa shape index (κ3) is 5.17. The van der Waals surface area contributed by atoms with E-state index in [1.807, 2.05) is 6.92 Å². The molecule has 0 radical (unpaired) electrons. The summed E-state index contributed by atoms with van der Waals surface area (Å²) < 4.78 is 14.2. The van der Waals surface area contributed by atoms with Crippen LogP contribution < -0.4 is 5.73 Å². The second-order valence-corrected chi connectivity index (χ2v) is 4.83. The largest absolute Gasteiger partial charge is 0.483 e. The van der Waals surface area contributed by atoms with Crippen molar-refractivity contribution in [3.8, 4) is 0 Å². The number of carbonyl (C=O) groups excluding carboxylic acids is 1. The Balaban J connectivity index is 0.000000241. The molecule has 2 N–H and O–H groups in total. The lowest BCUT2D eigenvalue weighted by Gasteiger charge is -2.05. The first-order valence-corrected chi connectivity index (χ1v) is 5.62. The molecular formula is C7H18N2O4Si. The molecule has 84 valence electrons. The van der Waals surface area contributed by atoms with Gasteiger partial charge in [-0.1, -0.05) is 0 Å². The Labute approximate surface area is 85.9 Å². The smallest absolute Gasteiger partial charge is 0.379 e. The van der Waals surface area contributed by atoms with Crippen LogP contribution in [0.1, 0.15) is 6.92 Å². The number of nitrogens with zero attached hydrogens (tertiary/aromatic N) is 1. The average Bonchev–Trinajstić information content (AvgIpc) is 2.87. The molecule has 1 unspecified atom stereocenters. The topological polar surface area (TPSA) is 73.8 Å². The Kier molecular flexibility index (Phi) is 6.46. The summed E-state index contributed by atoms with van der Waals surface area (Å²) in [6.07, 6.45) is 0. The highest BCUT2D eigenvalue weighted by molar-refractivity contribution is 6.36. The van der Waals surface area contributed by atoms with Crippen LogP contribution in [-0.4, -0.2) is 54.4 Å². The van der Waals surface area contributed by atoms with Crippen molar-refractivity contribution in [3.63, 3.8) is 0 Å². The van der Waals surface area contributed by atoms with E-state index >= 15 is 0 Å². The standard InChI is InChI=1S/C4H8N2O.C3H10O3Si/c1-3-2-6(3)4(5)7;1-4-7(5-2)6-3/h3H,2H2,1H3,(H2,5,7);7H,1-3H3. The van der Waals surface area contributed by atoms with Crippen LogP contribution in [0.15, 0.2) is 0 Å². The second kappa shape index (κ2) is 6.77. The van der Waals surface area contributed by atoms with Gasteiger partial charge in [0.25, 0.3) is 0 Å². The molecule has 1 rings (SSSR count). The molecule has 6 nitrogen and oxygen atoms in total. The lowest BCUT2D eigenvalue weighted by molar-refractivity contribution is 0.163. The van der Waals surface area contributed by atoms with Gasteiger partial charge in [-0.2, -0.15) is 0 Å². The summed E-state index contributed by atoms with van der Waals surface area (Å²) in [6.45, 7) is 2.81. The molecule has 1 fully saturated rings. The van der Waals surface area contributed by atoms with E-state index in [4.69, 9.17) is 19.0 Å². The Morgan fingerprint density at radius 3 is 1.71 bits per heavy atom. The van der Waals surface area contributed by atoms with Gasteiger partial charge >= 0.3 is 15.6 Å². The van der Waals surface area contributed by atoms with Gasteiger partial charge in [0.2, 0.25) is 0 Å². The van der Waals surface area contributed by atoms with E-state index in [9.17, 15) is 4.79 Å². The van der Waals surface area contributed by atoms with Crippen molar-refractivity contribution in [2.24, 2.45) is 5.73 Å². The number of rotatable bonds is 3. The minimum atomic E-state index is -1.67. The minimum absolute atomic E-state index is 0.299. The molecule has 0 aromatic heterocycles. The lowest BCUT2D eigenvalue weighted by atomic mass is 10.6. The zero-order valence-corrected chi connectivity index (χ0v) is 10.2. The predicted molar refractivity (Wildman–Crippen MR) is 53.9 cm³/mol. The molecule has 7 heteroatoms. The van der Waals surface area contributed by atoms with E-state index in [1.165, 1.54) is 0 Å². The summed E-state index contributed by atoms with van der Waals surface area (Å²) in [7, 11) is 3.05. The number of carbonyl (C=O) groups is 1. The van der Waals surface area contributed by atoms with E-state index in [2.05, 4.69) is 0 Å². The van der Waals surface area contributed by atoms with E-state index < -0.39 is 9.53 Å². The van der Waals surface area contributed by atoms with E-state index in [0.29, 0.717) is 6.04 Å². The average molecular weight is 222 g/mol. The summed E-state index contributed by atoms with van der Waals surface area (Å²) in [5, 5.41) is 0. The van der Waals surface area contributed by atoms with Gasteiger partial charge in [-0.05, 0) is 6.92 Å². The van der Waals surface area contributed by atoms with Gasteiger partial charge < -0.3 is 23.9 Å². The molecule has 1 saturated heterocycles. The molecule has 1 aliphatic heterocycles. The molecule has 0 spiro atoms. The molecular weight excluding hydrogens is 204 g/mol. The third-order valence-electron chi connectivity index (χ3n) is 1.72. The molecule has 0 aromatic rings. The zero-order valence-electron chi connectivity index (χ0n) is 9.02. The second-order valence-electron chi connectivity index (χ2n) is 2.84. The summed E-state index contributed by atoms with van der Waals surface area (Å²) in [5.74, 6) is 0. The fourth-order valence-corrected chi connectivity index (χ4v) is 1.41. The molecule has 0 aliphatic carbocycles. The predicted octanol–water partition coefficient (Wildman–Crippen LogP) is -0.588. The summed E-state index contributed by atoms with van der Waals surface area (Å²) in [6, 6.07) is 0.102. The van der Waals surface area contributed by atoms with Crippen molar-refractivity contribution >= 4 is 15.6 Å². The van der Waals surface area contributed by atoms with Crippen molar-refractivity contribution in [2.45, 2.75) is 13.0 Å². The number of nitrogens with two attached hydrogens (primary N) is 1. The fourth-order valence-electron chi connectivity index (χ4n) is 0.833. The van der Waals surface area contributed by atoms with Crippen molar-refractivity contribution in [2.75, 3.05) is 27.9 Å². The highest BCUT2D eigenvalue weighted by Crippen LogP contribution is 2.13. The van der Waals surface area contributed by atoms with E-state index in [1.54, 1.807) is 26.2 Å². The Bertz CT molecular complexity index is 172. The maximum atomic E-state index is 10.1. The van der Waals surface area contributed by atoms with E-state index in [-0.39, 0.29) is 6.03 Å². The van der Waals surface area contributed by atoms with Gasteiger partial charge in [-0.15, -0.1) is 0 Å². The summed E-state index contributed by atoms with van der Waals surface area (Å²) >= 11 is 0. The fraction of sp³-hybridized carbons (Fsp3) is 0.857.